The molecule has 0 saturated carbocycles. The van der Waals surface area contributed by atoms with Crippen molar-refractivity contribution in [1.29, 1.82) is 0 Å². The first-order chi connectivity index (χ1) is 9.63. The van der Waals surface area contributed by atoms with E-state index >= 15 is 0 Å². The van der Waals surface area contributed by atoms with Gasteiger partial charge in [-0.15, -0.1) is 0 Å². The molecule has 1 amide bonds. The summed E-state index contributed by atoms with van der Waals surface area (Å²) in [7, 11) is 0. The minimum atomic E-state index is -0.159. The first-order valence-electron chi connectivity index (χ1n) is 6.85. The highest BCUT2D eigenvalue weighted by atomic mass is 16.2. The van der Waals surface area contributed by atoms with Gasteiger partial charge in [0.25, 0.3) is 0 Å². The average molecular weight is 268 g/mol. The Morgan fingerprint density at radius 2 is 1.70 bits per heavy atom. The summed E-state index contributed by atoms with van der Waals surface area (Å²) in [6.07, 6.45) is 0. The van der Waals surface area contributed by atoms with Gasteiger partial charge in [0.15, 0.2) is 0 Å². The number of likely N-dealkylation sites (N-methyl/N-ethyl adjacent to an activating group) is 1. The van der Waals surface area contributed by atoms with Crippen molar-refractivity contribution < 1.29 is 4.79 Å². The lowest BCUT2D eigenvalue weighted by Gasteiger charge is -2.25. The van der Waals surface area contributed by atoms with Gasteiger partial charge in [-0.25, -0.2) is 0 Å². The van der Waals surface area contributed by atoms with Gasteiger partial charge in [0.05, 0.1) is 5.92 Å². The summed E-state index contributed by atoms with van der Waals surface area (Å²) in [6, 6.07) is 17.2. The second-order valence-electron chi connectivity index (χ2n) is 4.81. The molecular weight excluding hydrogens is 248 g/mol. The summed E-state index contributed by atoms with van der Waals surface area (Å²) >= 11 is 0. The molecule has 0 saturated heterocycles. The van der Waals surface area contributed by atoms with Crippen molar-refractivity contribution in [1.82, 2.24) is 0 Å². The molecule has 3 nitrogen and oxygen atoms in total. The van der Waals surface area contributed by atoms with E-state index in [9.17, 15) is 4.79 Å². The van der Waals surface area contributed by atoms with Crippen LogP contribution in [0.15, 0.2) is 54.6 Å². The van der Waals surface area contributed by atoms with Crippen LogP contribution in [0.1, 0.15) is 25.3 Å². The van der Waals surface area contributed by atoms with Crippen LogP contribution >= 0.6 is 0 Å². The third-order valence-electron chi connectivity index (χ3n) is 3.46. The zero-order valence-electron chi connectivity index (χ0n) is 11.9. The van der Waals surface area contributed by atoms with E-state index in [1.165, 1.54) is 0 Å². The van der Waals surface area contributed by atoms with Crippen LogP contribution in [0, 0.1) is 0 Å². The van der Waals surface area contributed by atoms with Gasteiger partial charge in [-0.2, -0.15) is 0 Å². The lowest BCUT2D eigenvalue weighted by molar-refractivity contribution is -0.119. The first-order valence-corrected chi connectivity index (χ1v) is 6.85. The van der Waals surface area contributed by atoms with Crippen LogP contribution < -0.4 is 10.6 Å². The van der Waals surface area contributed by atoms with E-state index in [4.69, 9.17) is 5.73 Å². The molecule has 2 rings (SSSR count). The predicted molar refractivity (Wildman–Crippen MR) is 83.7 cm³/mol. The topological polar surface area (TPSA) is 46.3 Å². The standard InChI is InChI=1S/C17H20N2O/c1-3-19(16-11-9-15(18)10-12-16)17(20)13(2)14-7-5-4-6-8-14/h4-13H,3,18H2,1-2H3. The van der Waals surface area contributed by atoms with Crippen LogP contribution in [-0.4, -0.2) is 12.5 Å². The van der Waals surface area contributed by atoms with Crippen molar-refractivity contribution in [2.45, 2.75) is 19.8 Å². The summed E-state index contributed by atoms with van der Waals surface area (Å²) in [4.78, 5) is 14.4. The van der Waals surface area contributed by atoms with Crippen molar-refractivity contribution in [3.8, 4) is 0 Å². The maximum atomic E-state index is 12.7. The number of hydrogen-bond acceptors (Lipinski definition) is 2. The summed E-state index contributed by atoms with van der Waals surface area (Å²) < 4.78 is 0. The van der Waals surface area contributed by atoms with Gasteiger partial charge in [0, 0.05) is 17.9 Å². The molecule has 2 aromatic carbocycles. The molecule has 0 spiro atoms. The highest BCUT2D eigenvalue weighted by Crippen LogP contribution is 2.23. The van der Waals surface area contributed by atoms with Crippen LogP contribution in [0.4, 0.5) is 11.4 Å². The van der Waals surface area contributed by atoms with E-state index in [0.29, 0.717) is 12.2 Å². The average Bonchev–Trinajstić information content (AvgIpc) is 2.50. The van der Waals surface area contributed by atoms with Gasteiger partial charge in [-0.05, 0) is 43.7 Å². The van der Waals surface area contributed by atoms with Crippen molar-refractivity contribution in [3.05, 3.63) is 60.2 Å². The van der Waals surface area contributed by atoms with Gasteiger partial charge >= 0.3 is 0 Å². The third-order valence-corrected chi connectivity index (χ3v) is 3.46. The Kier molecular flexibility index (Phi) is 4.41. The van der Waals surface area contributed by atoms with E-state index in [-0.39, 0.29) is 11.8 Å². The molecule has 1 unspecified atom stereocenters. The fourth-order valence-corrected chi connectivity index (χ4v) is 2.24. The summed E-state index contributed by atoms with van der Waals surface area (Å²) in [5, 5.41) is 0. The minimum Gasteiger partial charge on any atom is -0.399 e. The number of nitrogens with zero attached hydrogens (tertiary/aromatic N) is 1. The Labute approximate surface area is 120 Å². The maximum absolute atomic E-state index is 12.7. The van der Waals surface area contributed by atoms with Gasteiger partial charge < -0.3 is 10.6 Å². The number of rotatable bonds is 4. The van der Waals surface area contributed by atoms with Gasteiger partial charge in [-0.1, -0.05) is 30.3 Å². The number of carbonyl (C=O) groups is 1. The molecule has 0 aromatic heterocycles. The normalized spacial score (nSPS) is 11.9. The number of anilines is 2. The number of benzene rings is 2. The molecule has 2 N–H and O–H groups in total. The van der Waals surface area contributed by atoms with Crippen LogP contribution in [0.5, 0.6) is 0 Å². The fraction of sp³-hybridized carbons (Fsp3) is 0.235. The molecule has 0 aliphatic heterocycles. The molecule has 1 atom stereocenters. The Morgan fingerprint density at radius 3 is 2.25 bits per heavy atom. The molecule has 0 fully saturated rings. The molecule has 3 heteroatoms. The molecule has 20 heavy (non-hydrogen) atoms. The molecule has 0 heterocycles. The lowest BCUT2D eigenvalue weighted by atomic mass is 9.99. The van der Waals surface area contributed by atoms with Gasteiger partial charge in [0.1, 0.15) is 0 Å². The number of nitrogen functional groups attached to an aromatic ring is 1. The Morgan fingerprint density at radius 1 is 1.10 bits per heavy atom. The monoisotopic (exact) mass is 268 g/mol. The summed E-state index contributed by atoms with van der Waals surface area (Å²) in [6.45, 7) is 4.56. The van der Waals surface area contributed by atoms with Crippen molar-refractivity contribution in [3.63, 3.8) is 0 Å². The molecule has 0 radical (unpaired) electrons. The maximum Gasteiger partial charge on any atom is 0.234 e. The highest BCUT2D eigenvalue weighted by Gasteiger charge is 2.21. The van der Waals surface area contributed by atoms with Crippen LogP contribution in [-0.2, 0) is 4.79 Å². The summed E-state index contributed by atoms with van der Waals surface area (Å²) in [5.74, 6) is -0.0582. The van der Waals surface area contributed by atoms with Crippen LogP contribution in [0.25, 0.3) is 0 Å². The SMILES string of the molecule is CCN(C(=O)C(C)c1ccccc1)c1ccc(N)cc1. The van der Waals surface area contributed by atoms with Gasteiger partial charge in [0.2, 0.25) is 5.91 Å². The number of nitrogens with two attached hydrogens (primary N) is 1. The summed E-state index contributed by atoms with van der Waals surface area (Å²) in [5.41, 5.74) is 8.31. The van der Waals surface area contributed by atoms with Crippen molar-refractivity contribution >= 4 is 17.3 Å². The van der Waals surface area contributed by atoms with Crippen molar-refractivity contribution in [2.75, 3.05) is 17.2 Å². The quantitative estimate of drug-likeness (QED) is 0.864. The molecule has 0 bridgehead atoms. The first kappa shape index (κ1) is 14.1. The lowest BCUT2D eigenvalue weighted by Crippen LogP contribution is -2.34. The zero-order chi connectivity index (χ0) is 14.5. The second kappa shape index (κ2) is 6.24. The van der Waals surface area contributed by atoms with Crippen molar-refractivity contribution in [2.24, 2.45) is 0 Å². The Bertz CT molecular complexity index is 563. The third kappa shape index (κ3) is 2.99. The van der Waals surface area contributed by atoms with E-state index in [1.54, 1.807) is 4.90 Å². The van der Waals surface area contributed by atoms with E-state index in [0.717, 1.165) is 11.3 Å². The smallest absolute Gasteiger partial charge is 0.234 e. The molecular formula is C17H20N2O. The Balaban J connectivity index is 2.23. The predicted octanol–water partition coefficient (Wildman–Crippen LogP) is 3.43. The van der Waals surface area contributed by atoms with E-state index in [1.807, 2.05) is 68.4 Å². The highest BCUT2D eigenvalue weighted by molar-refractivity contribution is 5.97. The van der Waals surface area contributed by atoms with E-state index in [2.05, 4.69) is 0 Å². The zero-order valence-corrected chi connectivity index (χ0v) is 11.9. The Hall–Kier alpha value is -2.29. The van der Waals surface area contributed by atoms with E-state index < -0.39 is 0 Å². The fourth-order valence-electron chi connectivity index (χ4n) is 2.24. The molecule has 104 valence electrons. The van der Waals surface area contributed by atoms with Gasteiger partial charge in [-0.3, -0.25) is 4.79 Å². The minimum absolute atomic E-state index is 0.100. The molecule has 2 aromatic rings. The molecule has 0 aliphatic rings. The van der Waals surface area contributed by atoms with Crippen LogP contribution in [0.2, 0.25) is 0 Å². The molecule has 0 aliphatic carbocycles. The number of amides is 1. The van der Waals surface area contributed by atoms with Crippen LogP contribution in [0.3, 0.4) is 0 Å². The number of hydrogen-bond donors (Lipinski definition) is 1. The number of carbonyl (C=O) groups excluding carboxylic acids is 1. The second-order valence-corrected chi connectivity index (χ2v) is 4.81. The largest absolute Gasteiger partial charge is 0.399 e.